The lowest BCUT2D eigenvalue weighted by Crippen LogP contribution is -2.12. The molecule has 0 radical (unpaired) electrons. The van der Waals surface area contributed by atoms with Crippen LogP contribution in [-0.2, 0) is 0 Å². The summed E-state index contributed by atoms with van der Waals surface area (Å²) in [7, 11) is 0. The number of carbonyl (C=O) groups excluding carboxylic acids is 1. The van der Waals surface area contributed by atoms with Crippen LogP contribution >= 0.6 is 27.3 Å². The van der Waals surface area contributed by atoms with Gasteiger partial charge in [-0.05, 0) is 31.2 Å². The predicted molar refractivity (Wildman–Crippen MR) is 93.3 cm³/mol. The topological polar surface area (TPSA) is 64.1 Å². The summed E-state index contributed by atoms with van der Waals surface area (Å²) in [5.74, 6) is 0.841. The molecule has 7 heteroatoms. The first-order valence-corrected chi connectivity index (χ1v) is 8.40. The van der Waals surface area contributed by atoms with Crippen molar-refractivity contribution in [3.8, 4) is 11.6 Å². The summed E-state index contributed by atoms with van der Waals surface area (Å²) in [6, 6.07) is 10.8. The van der Waals surface area contributed by atoms with Gasteiger partial charge in [-0.25, -0.2) is 9.97 Å². The van der Waals surface area contributed by atoms with E-state index in [2.05, 4.69) is 31.2 Å². The van der Waals surface area contributed by atoms with Crippen molar-refractivity contribution in [1.29, 1.82) is 0 Å². The third-order valence-corrected chi connectivity index (χ3v) is 4.23. The summed E-state index contributed by atoms with van der Waals surface area (Å²) in [5, 5.41) is 5.19. The Morgan fingerprint density at radius 3 is 2.83 bits per heavy atom. The molecule has 1 aromatic carbocycles. The van der Waals surface area contributed by atoms with Crippen LogP contribution in [0.15, 0.2) is 52.4 Å². The summed E-state index contributed by atoms with van der Waals surface area (Å²) < 4.78 is 6.55. The Bertz CT molecular complexity index is 833. The van der Waals surface area contributed by atoms with Gasteiger partial charge in [0.1, 0.15) is 5.75 Å². The van der Waals surface area contributed by atoms with E-state index in [1.165, 1.54) is 17.5 Å². The fourth-order valence-corrected chi connectivity index (χ4v) is 2.87. The molecule has 0 aliphatic carbocycles. The minimum Gasteiger partial charge on any atom is -0.439 e. The number of nitrogens with zero attached hydrogens (tertiary/aromatic N) is 2. The summed E-state index contributed by atoms with van der Waals surface area (Å²) >= 11 is 4.77. The summed E-state index contributed by atoms with van der Waals surface area (Å²) in [6.07, 6.45) is 1.48. The molecule has 5 nitrogen and oxygen atoms in total. The Hall–Kier alpha value is -2.25. The maximum atomic E-state index is 12.1. The number of aryl methyl sites for hydroxylation is 1. The number of anilines is 1. The molecule has 0 saturated carbocycles. The molecule has 0 unspecified atom stereocenters. The van der Waals surface area contributed by atoms with Crippen LogP contribution in [0.25, 0.3) is 0 Å². The number of hydrogen-bond acceptors (Lipinski definition) is 5. The third kappa shape index (κ3) is 4.14. The maximum absolute atomic E-state index is 12.1. The highest BCUT2D eigenvalue weighted by Gasteiger charge is 2.09. The van der Waals surface area contributed by atoms with Gasteiger partial charge >= 0.3 is 0 Å². The van der Waals surface area contributed by atoms with E-state index in [-0.39, 0.29) is 5.91 Å². The molecule has 0 spiro atoms. The first-order valence-electron chi connectivity index (χ1n) is 6.73. The summed E-state index contributed by atoms with van der Waals surface area (Å²) in [4.78, 5) is 20.5. The number of carbonyl (C=O) groups is 1. The van der Waals surface area contributed by atoms with E-state index < -0.39 is 0 Å². The Labute approximate surface area is 145 Å². The third-order valence-electron chi connectivity index (χ3n) is 2.86. The fourth-order valence-electron chi connectivity index (χ4n) is 1.81. The van der Waals surface area contributed by atoms with Crippen molar-refractivity contribution in [2.24, 2.45) is 0 Å². The molecule has 0 aliphatic heterocycles. The highest BCUT2D eigenvalue weighted by atomic mass is 79.9. The largest absolute Gasteiger partial charge is 0.439 e. The van der Waals surface area contributed by atoms with Crippen molar-refractivity contribution in [2.45, 2.75) is 6.92 Å². The molecule has 2 aromatic heterocycles. The molecule has 1 N–H and O–H groups in total. The van der Waals surface area contributed by atoms with Crippen molar-refractivity contribution in [1.82, 2.24) is 9.97 Å². The lowest BCUT2D eigenvalue weighted by Gasteiger charge is -2.06. The first-order chi connectivity index (χ1) is 11.1. The Morgan fingerprint density at radius 1 is 1.30 bits per heavy atom. The van der Waals surface area contributed by atoms with E-state index in [0.29, 0.717) is 22.3 Å². The minimum absolute atomic E-state index is 0.249. The van der Waals surface area contributed by atoms with Crippen molar-refractivity contribution < 1.29 is 9.53 Å². The summed E-state index contributed by atoms with van der Waals surface area (Å²) in [5.41, 5.74) is 1.32. The zero-order valence-corrected chi connectivity index (χ0v) is 14.5. The number of benzene rings is 1. The van der Waals surface area contributed by atoms with E-state index in [4.69, 9.17) is 4.74 Å². The van der Waals surface area contributed by atoms with Gasteiger partial charge in [-0.1, -0.05) is 22.0 Å². The second kappa shape index (κ2) is 6.89. The maximum Gasteiger partial charge on any atom is 0.259 e. The van der Waals surface area contributed by atoms with Crippen molar-refractivity contribution in [2.75, 3.05) is 5.32 Å². The van der Waals surface area contributed by atoms with Gasteiger partial charge < -0.3 is 4.74 Å². The summed E-state index contributed by atoms with van der Waals surface area (Å²) in [6.45, 7) is 1.88. The van der Waals surface area contributed by atoms with Gasteiger partial charge in [-0.2, -0.15) is 0 Å². The zero-order valence-electron chi connectivity index (χ0n) is 12.1. The molecule has 1 amide bonds. The standard InChI is InChI=1S/C16H12BrN3O2S/c1-10-9-23-16(19-10)20-15(21)11-5-6-14(18-8-11)22-13-4-2-3-12(17)7-13/h2-9H,1H3,(H,19,20,21). The monoisotopic (exact) mass is 389 g/mol. The van der Waals surface area contributed by atoms with Gasteiger partial charge in [0.15, 0.2) is 5.13 Å². The number of hydrogen-bond donors (Lipinski definition) is 1. The van der Waals surface area contributed by atoms with Crippen LogP contribution in [0.2, 0.25) is 0 Å². The fraction of sp³-hybridized carbons (Fsp3) is 0.0625. The van der Waals surface area contributed by atoms with Crippen LogP contribution in [0.4, 0.5) is 5.13 Å². The van der Waals surface area contributed by atoms with E-state index in [1.807, 2.05) is 36.6 Å². The zero-order chi connectivity index (χ0) is 16.2. The minimum atomic E-state index is -0.249. The first kappa shape index (κ1) is 15.6. The van der Waals surface area contributed by atoms with Crippen molar-refractivity contribution >= 4 is 38.3 Å². The molecule has 2 heterocycles. The second-order valence-electron chi connectivity index (χ2n) is 4.69. The molecule has 0 atom stereocenters. The number of aromatic nitrogens is 2. The SMILES string of the molecule is Cc1csc(NC(=O)c2ccc(Oc3cccc(Br)c3)nc2)n1. The number of ether oxygens (including phenoxy) is 1. The number of rotatable bonds is 4. The van der Waals surface area contributed by atoms with Gasteiger partial charge in [-0.15, -0.1) is 11.3 Å². The molecule has 0 aliphatic rings. The van der Waals surface area contributed by atoms with E-state index in [1.54, 1.807) is 12.1 Å². The highest BCUT2D eigenvalue weighted by Crippen LogP contribution is 2.23. The molecule has 0 bridgehead atoms. The van der Waals surface area contributed by atoms with Crippen molar-refractivity contribution in [3.63, 3.8) is 0 Å². The average molecular weight is 390 g/mol. The number of thiazole rings is 1. The predicted octanol–water partition coefficient (Wildman–Crippen LogP) is 4.65. The Morgan fingerprint density at radius 2 is 2.17 bits per heavy atom. The lowest BCUT2D eigenvalue weighted by molar-refractivity contribution is 0.102. The molecule has 23 heavy (non-hydrogen) atoms. The van der Waals surface area contributed by atoms with Crippen LogP contribution in [0.3, 0.4) is 0 Å². The molecular formula is C16H12BrN3O2S. The smallest absolute Gasteiger partial charge is 0.259 e. The van der Waals surface area contributed by atoms with Gasteiger partial charge in [-0.3, -0.25) is 10.1 Å². The molecular weight excluding hydrogens is 378 g/mol. The molecule has 0 fully saturated rings. The lowest BCUT2D eigenvalue weighted by atomic mass is 10.3. The average Bonchev–Trinajstić information content (AvgIpc) is 2.93. The quantitative estimate of drug-likeness (QED) is 0.704. The van der Waals surface area contributed by atoms with Gasteiger partial charge in [0.05, 0.1) is 11.3 Å². The van der Waals surface area contributed by atoms with Gasteiger partial charge in [0, 0.05) is 22.1 Å². The van der Waals surface area contributed by atoms with E-state index >= 15 is 0 Å². The van der Waals surface area contributed by atoms with E-state index in [0.717, 1.165) is 10.2 Å². The van der Waals surface area contributed by atoms with Crippen LogP contribution in [0.5, 0.6) is 11.6 Å². The van der Waals surface area contributed by atoms with Crippen LogP contribution in [0.1, 0.15) is 16.1 Å². The van der Waals surface area contributed by atoms with Gasteiger partial charge in [0.25, 0.3) is 5.91 Å². The number of pyridine rings is 1. The van der Waals surface area contributed by atoms with Crippen LogP contribution in [-0.4, -0.2) is 15.9 Å². The van der Waals surface area contributed by atoms with E-state index in [9.17, 15) is 4.79 Å². The van der Waals surface area contributed by atoms with Gasteiger partial charge in [0.2, 0.25) is 5.88 Å². The normalized spacial score (nSPS) is 10.3. The van der Waals surface area contributed by atoms with Crippen LogP contribution < -0.4 is 10.1 Å². The Kier molecular flexibility index (Phi) is 4.68. The molecule has 0 saturated heterocycles. The second-order valence-corrected chi connectivity index (χ2v) is 6.47. The van der Waals surface area contributed by atoms with Crippen molar-refractivity contribution in [3.05, 3.63) is 63.7 Å². The molecule has 3 aromatic rings. The number of amides is 1. The number of halogens is 1. The molecule has 116 valence electrons. The Balaban J connectivity index is 1.68. The molecule has 3 rings (SSSR count). The number of nitrogens with one attached hydrogen (secondary N) is 1. The van der Waals surface area contributed by atoms with Crippen LogP contribution in [0, 0.1) is 6.92 Å². The highest BCUT2D eigenvalue weighted by molar-refractivity contribution is 9.10.